The van der Waals surface area contributed by atoms with Crippen LogP contribution < -0.4 is 5.11 Å². The van der Waals surface area contributed by atoms with Gasteiger partial charge >= 0.3 is 0 Å². The number of hydrogen-bond donors (Lipinski definition) is 0. The highest BCUT2D eigenvalue weighted by Gasteiger charge is 2.07. The van der Waals surface area contributed by atoms with Gasteiger partial charge in [-0.25, -0.2) is 0 Å². The molecular weight excluding hydrogens is 240 g/mol. The number of aliphatic carboxylic acids is 1. The molecule has 0 amide bonds. The fourth-order valence-corrected chi connectivity index (χ4v) is 2.18. The van der Waals surface area contributed by atoms with Crippen LogP contribution in [0, 0.1) is 0 Å². The van der Waals surface area contributed by atoms with Gasteiger partial charge in [0.05, 0.1) is 6.26 Å². The van der Waals surface area contributed by atoms with Gasteiger partial charge in [-0.05, 0) is 23.3 Å². The lowest BCUT2D eigenvalue weighted by Crippen LogP contribution is -2.24. The van der Waals surface area contributed by atoms with E-state index in [4.69, 9.17) is 4.42 Å². The minimum atomic E-state index is -1.10. The number of carboxylic acids is 1. The van der Waals surface area contributed by atoms with E-state index in [1.54, 1.807) is 0 Å². The summed E-state index contributed by atoms with van der Waals surface area (Å²) in [6, 6.07) is 15.7. The molecule has 0 atom stereocenters. The molecule has 0 aliphatic carbocycles. The molecule has 0 N–H and O–H groups in total. The molecule has 0 fully saturated rings. The van der Waals surface area contributed by atoms with Crippen LogP contribution in [0.25, 0.3) is 22.1 Å². The Bertz CT molecular complexity index is 726. The fourth-order valence-electron chi connectivity index (χ4n) is 2.18. The average Bonchev–Trinajstić information content (AvgIpc) is 2.82. The highest BCUT2D eigenvalue weighted by molar-refractivity contribution is 5.88. The minimum Gasteiger partial charge on any atom is -0.550 e. The summed E-state index contributed by atoms with van der Waals surface area (Å²) in [5, 5.41) is 11.5. The van der Waals surface area contributed by atoms with Crippen LogP contribution in [0.4, 0.5) is 0 Å². The summed E-state index contributed by atoms with van der Waals surface area (Å²) in [4.78, 5) is 10.7. The van der Waals surface area contributed by atoms with Crippen molar-refractivity contribution >= 4 is 16.9 Å². The lowest BCUT2D eigenvalue weighted by atomic mass is 10.0. The van der Waals surface area contributed by atoms with Crippen molar-refractivity contribution in [1.82, 2.24) is 0 Å². The van der Waals surface area contributed by atoms with Crippen LogP contribution in [0.15, 0.2) is 59.2 Å². The molecule has 2 aromatic carbocycles. The summed E-state index contributed by atoms with van der Waals surface area (Å²) in [6.07, 6.45) is 1.35. The number of carbonyl (C=O) groups is 1. The zero-order valence-corrected chi connectivity index (χ0v) is 10.1. The predicted octanol–water partition coefficient (Wildman–Crippen LogP) is 2.39. The quantitative estimate of drug-likeness (QED) is 0.718. The van der Waals surface area contributed by atoms with E-state index in [1.165, 1.54) is 6.26 Å². The van der Waals surface area contributed by atoms with Crippen LogP contribution in [0.1, 0.15) is 5.56 Å². The highest BCUT2D eigenvalue weighted by Crippen LogP contribution is 2.28. The standard InChI is InChI=1S/C16H12O3/c17-16(18)9-13-10-19-15-7-6-12(8-14(13)15)11-4-2-1-3-5-11/h1-8,10H,9H2,(H,17,18)/p-1. The third-order valence-corrected chi connectivity index (χ3v) is 3.10. The van der Waals surface area contributed by atoms with Gasteiger partial charge in [-0.15, -0.1) is 0 Å². The Balaban J connectivity index is 2.11. The molecule has 0 unspecified atom stereocenters. The predicted molar refractivity (Wildman–Crippen MR) is 70.4 cm³/mol. The summed E-state index contributed by atoms with van der Waals surface area (Å²) in [7, 11) is 0. The lowest BCUT2D eigenvalue weighted by molar-refractivity contribution is -0.304. The minimum absolute atomic E-state index is 0.134. The number of carboxylic acid groups (broad SMARTS) is 1. The first-order chi connectivity index (χ1) is 9.24. The van der Waals surface area contributed by atoms with Crippen molar-refractivity contribution in [3.63, 3.8) is 0 Å². The van der Waals surface area contributed by atoms with Crippen LogP contribution in [-0.2, 0) is 11.2 Å². The number of carbonyl (C=O) groups excluding carboxylic acids is 1. The van der Waals surface area contributed by atoms with E-state index in [-0.39, 0.29) is 6.42 Å². The summed E-state index contributed by atoms with van der Waals surface area (Å²) in [5.74, 6) is -1.10. The van der Waals surface area contributed by atoms with Crippen LogP contribution in [0.2, 0.25) is 0 Å². The van der Waals surface area contributed by atoms with Gasteiger partial charge in [-0.3, -0.25) is 0 Å². The van der Waals surface area contributed by atoms with Gasteiger partial charge < -0.3 is 14.3 Å². The maximum atomic E-state index is 10.7. The molecule has 3 aromatic rings. The van der Waals surface area contributed by atoms with E-state index in [1.807, 2.05) is 48.5 Å². The van der Waals surface area contributed by atoms with E-state index in [9.17, 15) is 9.90 Å². The van der Waals surface area contributed by atoms with Crippen LogP contribution in [-0.4, -0.2) is 5.97 Å². The number of benzene rings is 2. The first-order valence-corrected chi connectivity index (χ1v) is 5.99. The zero-order valence-electron chi connectivity index (χ0n) is 10.1. The molecule has 1 aromatic heterocycles. The number of rotatable bonds is 3. The fraction of sp³-hybridized carbons (Fsp3) is 0.0625. The van der Waals surface area contributed by atoms with E-state index in [0.29, 0.717) is 11.1 Å². The molecule has 0 aliphatic rings. The van der Waals surface area contributed by atoms with Crippen molar-refractivity contribution < 1.29 is 14.3 Å². The SMILES string of the molecule is O=C([O-])Cc1coc2ccc(-c3ccccc3)cc12. The highest BCUT2D eigenvalue weighted by atomic mass is 16.4. The van der Waals surface area contributed by atoms with Gasteiger partial charge in [0.25, 0.3) is 0 Å². The van der Waals surface area contributed by atoms with Crippen LogP contribution >= 0.6 is 0 Å². The summed E-state index contributed by atoms with van der Waals surface area (Å²) in [6.45, 7) is 0. The Labute approximate surface area is 110 Å². The molecule has 0 radical (unpaired) electrons. The molecule has 1 heterocycles. The normalized spacial score (nSPS) is 10.7. The van der Waals surface area contributed by atoms with Crippen LogP contribution in [0.5, 0.6) is 0 Å². The van der Waals surface area contributed by atoms with E-state index < -0.39 is 5.97 Å². The van der Waals surface area contributed by atoms with Gasteiger partial charge in [0.1, 0.15) is 5.58 Å². The first-order valence-electron chi connectivity index (χ1n) is 5.99. The van der Waals surface area contributed by atoms with Crippen molar-refractivity contribution in [3.05, 3.63) is 60.4 Å². The van der Waals surface area contributed by atoms with Gasteiger partial charge in [0.2, 0.25) is 0 Å². The lowest BCUT2D eigenvalue weighted by Gasteiger charge is -2.03. The van der Waals surface area contributed by atoms with Gasteiger partial charge in [-0.2, -0.15) is 0 Å². The van der Waals surface area contributed by atoms with Crippen LogP contribution in [0.3, 0.4) is 0 Å². The average molecular weight is 251 g/mol. The monoisotopic (exact) mass is 251 g/mol. The second kappa shape index (κ2) is 4.61. The third-order valence-electron chi connectivity index (χ3n) is 3.10. The van der Waals surface area contributed by atoms with Crippen molar-refractivity contribution in [2.24, 2.45) is 0 Å². The topological polar surface area (TPSA) is 53.3 Å². The number of furan rings is 1. The van der Waals surface area contributed by atoms with Crippen molar-refractivity contribution in [2.75, 3.05) is 0 Å². The van der Waals surface area contributed by atoms with E-state index in [2.05, 4.69) is 0 Å². The smallest absolute Gasteiger partial charge is 0.134 e. The zero-order chi connectivity index (χ0) is 13.2. The largest absolute Gasteiger partial charge is 0.550 e. The maximum absolute atomic E-state index is 10.7. The van der Waals surface area contributed by atoms with E-state index in [0.717, 1.165) is 16.5 Å². The van der Waals surface area contributed by atoms with Crippen molar-refractivity contribution in [3.8, 4) is 11.1 Å². The second-order valence-electron chi connectivity index (χ2n) is 4.39. The summed E-state index contributed by atoms with van der Waals surface area (Å²) in [5.41, 5.74) is 3.46. The molecule has 94 valence electrons. The van der Waals surface area contributed by atoms with Crippen molar-refractivity contribution in [1.29, 1.82) is 0 Å². The Morgan fingerprint density at radius 2 is 1.84 bits per heavy atom. The summed E-state index contributed by atoms with van der Waals surface area (Å²) >= 11 is 0. The Morgan fingerprint density at radius 1 is 1.05 bits per heavy atom. The number of hydrogen-bond acceptors (Lipinski definition) is 3. The first kappa shape index (κ1) is 11.5. The third kappa shape index (κ3) is 2.22. The van der Waals surface area contributed by atoms with E-state index >= 15 is 0 Å². The molecule has 3 nitrogen and oxygen atoms in total. The molecule has 19 heavy (non-hydrogen) atoms. The molecule has 0 saturated heterocycles. The Hall–Kier alpha value is -2.55. The second-order valence-corrected chi connectivity index (χ2v) is 4.39. The molecule has 0 bridgehead atoms. The van der Waals surface area contributed by atoms with Gasteiger partial charge in [-0.1, -0.05) is 36.4 Å². The van der Waals surface area contributed by atoms with Gasteiger partial charge in [0, 0.05) is 23.3 Å². The number of fused-ring (bicyclic) bond motifs is 1. The Kier molecular flexibility index (Phi) is 2.80. The summed E-state index contributed by atoms with van der Waals surface area (Å²) < 4.78 is 5.35. The molecule has 0 saturated carbocycles. The molecule has 0 aliphatic heterocycles. The van der Waals surface area contributed by atoms with Gasteiger partial charge in [0.15, 0.2) is 0 Å². The van der Waals surface area contributed by atoms with Crippen molar-refractivity contribution in [2.45, 2.75) is 6.42 Å². The molecule has 3 heteroatoms. The molecule has 3 rings (SSSR count). The molecular formula is C16H11O3-. The maximum Gasteiger partial charge on any atom is 0.134 e. The Morgan fingerprint density at radius 3 is 2.58 bits per heavy atom. The molecule has 0 spiro atoms.